The molecular formula is C24H36N2O4. The lowest BCUT2D eigenvalue weighted by Gasteiger charge is -2.39. The predicted molar refractivity (Wildman–Crippen MR) is 117 cm³/mol. The SMILES string of the molecule is C=CCO[C@]1(Cc2ccccc2)NC(C)(C)O[C@H]1C1CCCN1C(=O)OC(C)(C)C. The zero-order valence-electron chi connectivity index (χ0n) is 18.9. The molecule has 0 saturated carbocycles. The van der Waals surface area contributed by atoms with Crippen molar-refractivity contribution >= 4 is 6.09 Å². The average molecular weight is 417 g/mol. The zero-order chi connectivity index (χ0) is 22.0. The molecule has 0 spiro atoms. The molecule has 1 N–H and O–H groups in total. The summed E-state index contributed by atoms with van der Waals surface area (Å²) in [5, 5.41) is 3.59. The summed E-state index contributed by atoms with van der Waals surface area (Å²) in [7, 11) is 0. The van der Waals surface area contributed by atoms with Gasteiger partial charge in [-0.25, -0.2) is 4.79 Å². The molecule has 1 amide bonds. The van der Waals surface area contributed by atoms with E-state index >= 15 is 0 Å². The monoisotopic (exact) mass is 416 g/mol. The Kier molecular flexibility index (Phi) is 6.60. The number of carbonyl (C=O) groups excluding carboxylic acids is 1. The molecule has 3 atom stereocenters. The number of amides is 1. The van der Waals surface area contributed by atoms with Crippen molar-refractivity contribution in [2.24, 2.45) is 0 Å². The number of likely N-dealkylation sites (tertiary alicyclic amines) is 1. The Hall–Kier alpha value is -1.89. The van der Waals surface area contributed by atoms with Gasteiger partial charge in [0, 0.05) is 13.0 Å². The number of carbonyl (C=O) groups is 1. The summed E-state index contributed by atoms with van der Waals surface area (Å²) in [5.41, 5.74) is -0.780. The summed E-state index contributed by atoms with van der Waals surface area (Å²) in [4.78, 5) is 14.8. The molecule has 6 heteroatoms. The summed E-state index contributed by atoms with van der Waals surface area (Å²) >= 11 is 0. The van der Waals surface area contributed by atoms with Gasteiger partial charge >= 0.3 is 6.09 Å². The molecule has 30 heavy (non-hydrogen) atoms. The van der Waals surface area contributed by atoms with Crippen molar-refractivity contribution in [3.05, 3.63) is 48.6 Å². The van der Waals surface area contributed by atoms with E-state index in [1.54, 1.807) is 6.08 Å². The van der Waals surface area contributed by atoms with Crippen LogP contribution in [0.3, 0.4) is 0 Å². The van der Waals surface area contributed by atoms with Gasteiger partial charge in [-0.1, -0.05) is 36.4 Å². The number of rotatable bonds is 6. The first-order chi connectivity index (χ1) is 14.1. The maximum absolute atomic E-state index is 12.9. The van der Waals surface area contributed by atoms with E-state index in [2.05, 4.69) is 24.0 Å². The van der Waals surface area contributed by atoms with Crippen LogP contribution < -0.4 is 5.32 Å². The molecule has 3 rings (SSSR count). The Morgan fingerprint density at radius 1 is 1.33 bits per heavy atom. The molecule has 0 aromatic heterocycles. The van der Waals surface area contributed by atoms with Gasteiger partial charge in [0.15, 0.2) is 5.72 Å². The van der Waals surface area contributed by atoms with Crippen LogP contribution in [-0.2, 0) is 20.6 Å². The van der Waals surface area contributed by atoms with Crippen LogP contribution in [0.1, 0.15) is 53.0 Å². The van der Waals surface area contributed by atoms with Gasteiger partial charge in [-0.2, -0.15) is 0 Å². The molecule has 1 aromatic rings. The fourth-order valence-corrected chi connectivity index (χ4v) is 4.49. The summed E-state index contributed by atoms with van der Waals surface area (Å²) in [6.07, 6.45) is 3.48. The second kappa shape index (κ2) is 8.69. The van der Waals surface area contributed by atoms with Gasteiger partial charge in [0.05, 0.1) is 12.6 Å². The minimum absolute atomic E-state index is 0.136. The van der Waals surface area contributed by atoms with Crippen molar-refractivity contribution in [2.45, 2.75) is 83.1 Å². The van der Waals surface area contributed by atoms with Crippen LogP contribution in [0.25, 0.3) is 0 Å². The van der Waals surface area contributed by atoms with Crippen LogP contribution in [0, 0.1) is 0 Å². The van der Waals surface area contributed by atoms with E-state index in [9.17, 15) is 4.79 Å². The van der Waals surface area contributed by atoms with Crippen LogP contribution >= 0.6 is 0 Å². The first-order valence-electron chi connectivity index (χ1n) is 10.8. The first-order valence-corrected chi connectivity index (χ1v) is 10.8. The Labute approximate surface area is 180 Å². The van der Waals surface area contributed by atoms with Crippen LogP contribution in [-0.4, -0.2) is 53.3 Å². The number of nitrogens with zero attached hydrogens (tertiary/aromatic N) is 1. The van der Waals surface area contributed by atoms with Gasteiger partial charge in [-0.05, 0) is 53.0 Å². The normalized spacial score (nSPS) is 28.5. The second-order valence-corrected chi connectivity index (χ2v) is 9.71. The van der Waals surface area contributed by atoms with Crippen molar-refractivity contribution < 1.29 is 19.0 Å². The minimum Gasteiger partial charge on any atom is -0.444 e. The number of hydrogen-bond donors (Lipinski definition) is 1. The third-order valence-electron chi connectivity index (χ3n) is 5.44. The van der Waals surface area contributed by atoms with Crippen molar-refractivity contribution in [1.82, 2.24) is 10.2 Å². The third-order valence-corrected chi connectivity index (χ3v) is 5.44. The highest BCUT2D eigenvalue weighted by molar-refractivity contribution is 5.69. The molecule has 1 unspecified atom stereocenters. The summed E-state index contributed by atoms with van der Waals surface area (Å²) in [6.45, 7) is 14.5. The highest BCUT2D eigenvalue weighted by Gasteiger charge is 2.57. The largest absolute Gasteiger partial charge is 0.444 e. The lowest BCUT2D eigenvalue weighted by molar-refractivity contribution is -0.122. The van der Waals surface area contributed by atoms with Crippen LogP contribution in [0.5, 0.6) is 0 Å². The molecule has 1 aromatic carbocycles. The number of benzene rings is 1. The van der Waals surface area contributed by atoms with Gasteiger partial charge in [-0.15, -0.1) is 6.58 Å². The lowest BCUT2D eigenvalue weighted by Crippen LogP contribution is -2.60. The quantitative estimate of drug-likeness (QED) is 0.703. The molecule has 2 heterocycles. The third kappa shape index (κ3) is 5.23. The highest BCUT2D eigenvalue weighted by Crippen LogP contribution is 2.40. The molecular weight excluding hydrogens is 380 g/mol. The zero-order valence-corrected chi connectivity index (χ0v) is 18.9. The van der Waals surface area contributed by atoms with Gasteiger partial charge in [0.25, 0.3) is 0 Å². The summed E-state index contributed by atoms with van der Waals surface area (Å²) in [6, 6.07) is 10.1. The topological polar surface area (TPSA) is 60.0 Å². The number of hydrogen-bond acceptors (Lipinski definition) is 5. The molecule has 2 aliphatic heterocycles. The first kappa shape index (κ1) is 22.8. The van der Waals surface area contributed by atoms with E-state index in [1.807, 2.05) is 57.7 Å². The van der Waals surface area contributed by atoms with Gasteiger partial charge < -0.3 is 19.1 Å². The minimum atomic E-state index is -0.783. The van der Waals surface area contributed by atoms with E-state index in [-0.39, 0.29) is 18.2 Å². The van der Waals surface area contributed by atoms with Crippen molar-refractivity contribution in [1.29, 1.82) is 0 Å². The molecule has 6 nitrogen and oxygen atoms in total. The van der Waals surface area contributed by atoms with E-state index in [0.29, 0.717) is 19.6 Å². The molecule has 0 bridgehead atoms. The Balaban J connectivity index is 1.93. The smallest absolute Gasteiger partial charge is 0.410 e. The van der Waals surface area contributed by atoms with Crippen molar-refractivity contribution in [3.63, 3.8) is 0 Å². The fraction of sp³-hybridized carbons (Fsp3) is 0.625. The molecule has 166 valence electrons. The number of ether oxygens (including phenoxy) is 3. The van der Waals surface area contributed by atoms with E-state index in [4.69, 9.17) is 14.2 Å². The Morgan fingerprint density at radius 3 is 2.67 bits per heavy atom. The Morgan fingerprint density at radius 2 is 2.03 bits per heavy atom. The van der Waals surface area contributed by atoms with Gasteiger partial charge in [0.2, 0.25) is 0 Å². The van der Waals surface area contributed by atoms with Crippen LogP contribution in [0.2, 0.25) is 0 Å². The highest BCUT2D eigenvalue weighted by atomic mass is 16.6. The van der Waals surface area contributed by atoms with E-state index in [1.165, 1.54) is 0 Å². The lowest BCUT2D eigenvalue weighted by atomic mass is 9.91. The second-order valence-electron chi connectivity index (χ2n) is 9.71. The fourth-order valence-electron chi connectivity index (χ4n) is 4.49. The molecule has 0 radical (unpaired) electrons. The van der Waals surface area contributed by atoms with Crippen molar-refractivity contribution in [3.8, 4) is 0 Å². The standard InChI is InChI=1S/C24H36N2O4/c1-7-16-28-24(17-18-12-9-8-10-13-18)20(29-23(5,6)25-24)19-14-11-15-26(19)21(27)30-22(2,3)4/h7-10,12-13,19-20,25H,1,11,14-17H2,2-6H3/t19?,20-,24-/m0/s1. The molecule has 2 fully saturated rings. The summed E-state index contributed by atoms with van der Waals surface area (Å²) < 4.78 is 18.6. The Bertz CT molecular complexity index is 743. The predicted octanol–water partition coefficient (Wildman–Crippen LogP) is 4.25. The number of nitrogens with one attached hydrogen (secondary N) is 1. The molecule has 2 aliphatic rings. The van der Waals surface area contributed by atoms with Crippen molar-refractivity contribution in [2.75, 3.05) is 13.2 Å². The van der Waals surface area contributed by atoms with Gasteiger partial charge in [-0.3, -0.25) is 5.32 Å². The van der Waals surface area contributed by atoms with Crippen LogP contribution in [0.15, 0.2) is 43.0 Å². The van der Waals surface area contributed by atoms with Crippen LogP contribution in [0.4, 0.5) is 4.79 Å². The van der Waals surface area contributed by atoms with E-state index < -0.39 is 17.1 Å². The van der Waals surface area contributed by atoms with E-state index in [0.717, 1.165) is 18.4 Å². The molecule has 2 saturated heterocycles. The average Bonchev–Trinajstić information content (AvgIpc) is 3.22. The molecule has 0 aliphatic carbocycles. The maximum atomic E-state index is 12.9. The van der Waals surface area contributed by atoms with Gasteiger partial charge in [0.1, 0.15) is 17.4 Å². The summed E-state index contributed by atoms with van der Waals surface area (Å²) in [5.74, 6) is 0. The maximum Gasteiger partial charge on any atom is 0.410 e.